The van der Waals surface area contributed by atoms with Crippen LogP contribution in [0, 0.1) is 5.21 Å². The number of hydrogen-bond acceptors (Lipinski definition) is 2. The van der Waals surface area contributed by atoms with Gasteiger partial charge in [-0.1, -0.05) is 6.58 Å². The molecule has 1 aliphatic heterocycles. The first kappa shape index (κ1) is 8.30. The lowest BCUT2D eigenvalue weighted by molar-refractivity contribution is -0.770. The lowest BCUT2D eigenvalue weighted by Crippen LogP contribution is -2.36. The van der Waals surface area contributed by atoms with Crippen molar-refractivity contribution in [2.24, 2.45) is 0 Å². The first-order chi connectivity index (χ1) is 4.56. The van der Waals surface area contributed by atoms with E-state index < -0.39 is 4.17 Å². The number of rotatable bonds is 1. The summed E-state index contributed by atoms with van der Waals surface area (Å²) in [4.78, 5) is 0. The standard InChI is InChI=1S/C5H8Cl2N2O/c1-2-5-3-8(6)4-9(5,7)10/h2,5H,1,3-4H2. The number of hydrogen-bond donors (Lipinski definition) is 0. The molecule has 0 aromatic carbocycles. The van der Waals surface area contributed by atoms with Crippen LogP contribution in [0.4, 0.5) is 0 Å². The summed E-state index contributed by atoms with van der Waals surface area (Å²) in [6, 6.07) is -0.306. The van der Waals surface area contributed by atoms with Crippen molar-refractivity contribution in [2.75, 3.05) is 13.2 Å². The highest BCUT2D eigenvalue weighted by Gasteiger charge is 2.36. The SMILES string of the molecule is C=CC1CN(Cl)C[N+]1([O-])Cl. The predicted molar refractivity (Wildman–Crippen MR) is 40.9 cm³/mol. The van der Waals surface area contributed by atoms with Gasteiger partial charge in [-0.15, -0.1) is 0 Å². The largest absolute Gasteiger partial charge is 0.612 e. The maximum absolute atomic E-state index is 11.2. The van der Waals surface area contributed by atoms with E-state index in [1.807, 2.05) is 0 Å². The van der Waals surface area contributed by atoms with Crippen molar-refractivity contribution in [3.63, 3.8) is 0 Å². The number of nitrogens with zero attached hydrogens (tertiary/aromatic N) is 2. The molecule has 0 aromatic rings. The van der Waals surface area contributed by atoms with E-state index in [1.54, 1.807) is 0 Å². The molecule has 0 N–H and O–H groups in total. The minimum atomic E-state index is -0.854. The van der Waals surface area contributed by atoms with E-state index in [0.717, 1.165) is 0 Å². The zero-order valence-corrected chi connectivity index (χ0v) is 6.85. The van der Waals surface area contributed by atoms with E-state index in [4.69, 9.17) is 23.6 Å². The molecular formula is C5H8Cl2N2O. The first-order valence-corrected chi connectivity index (χ1v) is 3.55. The number of hydroxylamine groups is 2. The van der Waals surface area contributed by atoms with Crippen LogP contribution < -0.4 is 0 Å². The van der Waals surface area contributed by atoms with Crippen LogP contribution in [-0.4, -0.2) is 27.8 Å². The van der Waals surface area contributed by atoms with Crippen molar-refractivity contribution < 1.29 is 4.17 Å². The van der Waals surface area contributed by atoms with Crippen LogP contribution >= 0.6 is 23.6 Å². The monoisotopic (exact) mass is 182 g/mol. The zero-order valence-electron chi connectivity index (χ0n) is 5.33. The summed E-state index contributed by atoms with van der Waals surface area (Å²) in [6.45, 7) is 4.07. The minimum absolute atomic E-state index is 0.111. The van der Waals surface area contributed by atoms with E-state index in [0.29, 0.717) is 6.54 Å². The van der Waals surface area contributed by atoms with Gasteiger partial charge < -0.3 is 5.21 Å². The molecule has 10 heavy (non-hydrogen) atoms. The van der Waals surface area contributed by atoms with Crippen molar-refractivity contribution in [2.45, 2.75) is 6.04 Å². The molecule has 0 aliphatic carbocycles. The molecule has 0 aromatic heterocycles. The topological polar surface area (TPSA) is 26.3 Å². The summed E-state index contributed by atoms with van der Waals surface area (Å²) in [5, 5.41) is 11.2. The Morgan fingerprint density at radius 2 is 2.40 bits per heavy atom. The minimum Gasteiger partial charge on any atom is -0.612 e. The van der Waals surface area contributed by atoms with Crippen LogP contribution in [0.25, 0.3) is 0 Å². The molecule has 1 fully saturated rings. The van der Waals surface area contributed by atoms with Gasteiger partial charge in [-0.2, -0.15) is 4.42 Å². The molecule has 0 spiro atoms. The Bertz CT molecular complexity index is 151. The summed E-state index contributed by atoms with van der Waals surface area (Å²) >= 11 is 11.1. The lowest BCUT2D eigenvalue weighted by Gasteiger charge is -2.31. The van der Waals surface area contributed by atoms with Crippen molar-refractivity contribution in [1.29, 1.82) is 0 Å². The molecule has 2 atom stereocenters. The second-order valence-electron chi connectivity index (χ2n) is 2.29. The van der Waals surface area contributed by atoms with E-state index in [9.17, 15) is 5.21 Å². The number of halogens is 2. The average Bonchev–Trinajstić information content (AvgIpc) is 2.04. The molecule has 5 heteroatoms. The third-order valence-corrected chi connectivity index (χ3v) is 2.10. The van der Waals surface area contributed by atoms with Crippen LogP contribution in [-0.2, 0) is 0 Å². The van der Waals surface area contributed by atoms with Gasteiger partial charge in [0.15, 0.2) is 18.4 Å². The van der Waals surface area contributed by atoms with Gasteiger partial charge in [-0.3, -0.25) is 0 Å². The maximum atomic E-state index is 11.2. The summed E-state index contributed by atoms with van der Waals surface area (Å²) < 4.78 is 0.513. The second-order valence-corrected chi connectivity index (χ2v) is 3.34. The highest BCUT2D eigenvalue weighted by atomic mass is 35.5. The molecule has 1 rings (SSSR count). The molecule has 2 unspecified atom stereocenters. The van der Waals surface area contributed by atoms with Crippen LogP contribution in [0.15, 0.2) is 12.7 Å². The van der Waals surface area contributed by atoms with Crippen molar-refractivity contribution >= 4 is 23.6 Å². The first-order valence-electron chi connectivity index (χ1n) is 2.88. The Balaban J connectivity index is 2.67. The quantitative estimate of drug-likeness (QED) is 0.349. The average molecular weight is 183 g/mol. The number of quaternary nitrogens is 1. The molecule has 0 saturated carbocycles. The second kappa shape index (κ2) is 2.68. The Hall–Kier alpha value is 0.200. The lowest BCUT2D eigenvalue weighted by atomic mass is 10.3. The van der Waals surface area contributed by atoms with Gasteiger partial charge in [0.1, 0.15) is 6.04 Å². The molecule has 58 valence electrons. The van der Waals surface area contributed by atoms with Gasteiger partial charge in [0.25, 0.3) is 0 Å². The Morgan fingerprint density at radius 1 is 1.80 bits per heavy atom. The zero-order chi connectivity index (χ0) is 7.78. The normalized spacial score (nSPS) is 42.1. The predicted octanol–water partition coefficient (Wildman–Crippen LogP) is 1.44. The molecule has 3 nitrogen and oxygen atoms in total. The molecule has 0 bridgehead atoms. The summed E-state index contributed by atoms with van der Waals surface area (Å²) in [6.07, 6.45) is 1.53. The fraction of sp³-hybridized carbons (Fsp3) is 0.600. The summed E-state index contributed by atoms with van der Waals surface area (Å²) in [5.74, 6) is 0. The maximum Gasteiger partial charge on any atom is 0.167 e. The van der Waals surface area contributed by atoms with Gasteiger partial charge in [-0.25, -0.2) is 4.17 Å². The molecule has 0 radical (unpaired) electrons. The smallest absolute Gasteiger partial charge is 0.167 e. The van der Waals surface area contributed by atoms with Crippen molar-refractivity contribution in [3.8, 4) is 0 Å². The fourth-order valence-electron chi connectivity index (χ4n) is 0.929. The third kappa shape index (κ3) is 1.44. The van der Waals surface area contributed by atoms with Gasteiger partial charge in [0.05, 0.1) is 6.54 Å². The van der Waals surface area contributed by atoms with Gasteiger partial charge in [-0.05, 0) is 17.9 Å². The molecule has 0 amide bonds. The van der Waals surface area contributed by atoms with E-state index in [-0.39, 0.29) is 12.7 Å². The van der Waals surface area contributed by atoms with E-state index in [2.05, 4.69) is 6.58 Å². The highest BCUT2D eigenvalue weighted by molar-refractivity contribution is 6.14. The van der Waals surface area contributed by atoms with Crippen LogP contribution in [0.3, 0.4) is 0 Å². The van der Waals surface area contributed by atoms with Crippen LogP contribution in [0.1, 0.15) is 0 Å². The highest BCUT2D eigenvalue weighted by Crippen LogP contribution is 2.26. The van der Waals surface area contributed by atoms with Crippen molar-refractivity contribution in [3.05, 3.63) is 17.9 Å². The summed E-state index contributed by atoms with van der Waals surface area (Å²) in [5.41, 5.74) is 0. The Morgan fingerprint density at radius 3 is 2.60 bits per heavy atom. The van der Waals surface area contributed by atoms with Crippen LogP contribution in [0.5, 0.6) is 0 Å². The van der Waals surface area contributed by atoms with Gasteiger partial charge >= 0.3 is 0 Å². The molecule has 1 saturated heterocycles. The Labute approximate surface area is 69.8 Å². The molecule has 1 heterocycles. The third-order valence-electron chi connectivity index (χ3n) is 1.50. The molecular weight excluding hydrogens is 175 g/mol. The van der Waals surface area contributed by atoms with Gasteiger partial charge in [0, 0.05) is 0 Å². The Kier molecular flexibility index (Phi) is 2.22. The summed E-state index contributed by atoms with van der Waals surface area (Å²) in [7, 11) is 0. The van der Waals surface area contributed by atoms with Crippen LogP contribution in [0.2, 0.25) is 0 Å². The van der Waals surface area contributed by atoms with E-state index in [1.165, 1.54) is 10.5 Å². The fourth-order valence-corrected chi connectivity index (χ4v) is 1.55. The van der Waals surface area contributed by atoms with E-state index >= 15 is 0 Å². The molecule has 1 aliphatic rings. The van der Waals surface area contributed by atoms with Gasteiger partial charge in [0.2, 0.25) is 0 Å². The van der Waals surface area contributed by atoms with Crippen molar-refractivity contribution in [1.82, 2.24) is 4.42 Å².